The molecule has 1 aromatic carbocycles. The molecule has 0 heterocycles. The Labute approximate surface area is 104 Å². The molecule has 2 heteroatoms. The summed E-state index contributed by atoms with van der Waals surface area (Å²) < 4.78 is 5.46. The van der Waals surface area contributed by atoms with E-state index in [-0.39, 0.29) is 11.2 Å². The number of aryl methyl sites for hydroxylation is 1. The molecule has 1 rings (SSSR count). The number of hydrogen-bond acceptors (Lipinski definition) is 2. The number of carbonyl (C=O) groups is 1. The van der Waals surface area contributed by atoms with E-state index in [2.05, 4.69) is 20.8 Å². The Morgan fingerprint density at radius 3 is 2.29 bits per heavy atom. The minimum Gasteiger partial charge on any atom is -0.496 e. The fraction of sp³-hybridized carbons (Fsp3) is 0.533. The van der Waals surface area contributed by atoms with Gasteiger partial charge in [0.2, 0.25) is 0 Å². The lowest BCUT2D eigenvalue weighted by atomic mass is 9.83. The van der Waals surface area contributed by atoms with Crippen molar-refractivity contribution in [3.05, 3.63) is 28.8 Å². The largest absolute Gasteiger partial charge is 0.496 e. The molecule has 0 bridgehead atoms. The molecular weight excluding hydrogens is 212 g/mol. The number of carbonyl (C=O) groups excluding carboxylic acids is 1. The van der Waals surface area contributed by atoms with E-state index in [9.17, 15) is 4.79 Å². The maximum Gasteiger partial charge on any atom is 0.162 e. The highest BCUT2D eigenvalue weighted by molar-refractivity contribution is 5.96. The third kappa shape index (κ3) is 2.87. The van der Waals surface area contributed by atoms with Crippen molar-refractivity contribution in [2.45, 2.75) is 46.5 Å². The third-order valence-electron chi connectivity index (χ3n) is 2.93. The minimum atomic E-state index is -0.0276. The molecule has 0 aromatic heterocycles. The van der Waals surface area contributed by atoms with Crippen LogP contribution in [-0.2, 0) is 5.41 Å². The molecule has 0 atom stereocenters. The van der Waals surface area contributed by atoms with E-state index < -0.39 is 0 Å². The SMILES string of the molecule is CCC(=O)c1cc(C)c(OC)c(C(C)(C)C)c1. The Balaban J connectivity index is 3.44. The van der Waals surface area contributed by atoms with Gasteiger partial charge in [-0.25, -0.2) is 0 Å². The smallest absolute Gasteiger partial charge is 0.162 e. The molecule has 0 fully saturated rings. The monoisotopic (exact) mass is 234 g/mol. The van der Waals surface area contributed by atoms with Crippen LogP contribution in [0.2, 0.25) is 0 Å². The molecule has 0 saturated carbocycles. The highest BCUT2D eigenvalue weighted by atomic mass is 16.5. The Hall–Kier alpha value is -1.31. The quantitative estimate of drug-likeness (QED) is 0.741. The van der Waals surface area contributed by atoms with Crippen molar-refractivity contribution in [2.75, 3.05) is 7.11 Å². The van der Waals surface area contributed by atoms with Crippen LogP contribution >= 0.6 is 0 Å². The first-order valence-electron chi connectivity index (χ1n) is 6.03. The zero-order valence-corrected chi connectivity index (χ0v) is 11.7. The third-order valence-corrected chi connectivity index (χ3v) is 2.93. The predicted molar refractivity (Wildman–Crippen MR) is 71.1 cm³/mol. The van der Waals surface area contributed by atoms with Gasteiger partial charge in [0, 0.05) is 17.5 Å². The Morgan fingerprint density at radius 1 is 1.29 bits per heavy atom. The summed E-state index contributed by atoms with van der Waals surface area (Å²) in [4.78, 5) is 11.8. The maximum absolute atomic E-state index is 11.8. The zero-order valence-electron chi connectivity index (χ0n) is 11.7. The van der Waals surface area contributed by atoms with Crippen LogP contribution < -0.4 is 4.74 Å². The van der Waals surface area contributed by atoms with Crippen LogP contribution in [0.5, 0.6) is 5.75 Å². The van der Waals surface area contributed by atoms with E-state index in [1.165, 1.54) is 0 Å². The first-order valence-corrected chi connectivity index (χ1v) is 6.03. The van der Waals surface area contributed by atoms with Crippen LogP contribution in [0.25, 0.3) is 0 Å². The molecule has 0 radical (unpaired) electrons. The number of rotatable bonds is 3. The van der Waals surface area contributed by atoms with E-state index in [1.807, 2.05) is 26.0 Å². The summed E-state index contributed by atoms with van der Waals surface area (Å²) in [5.74, 6) is 1.08. The van der Waals surface area contributed by atoms with Gasteiger partial charge in [0.1, 0.15) is 5.75 Å². The summed E-state index contributed by atoms with van der Waals surface area (Å²) >= 11 is 0. The lowest BCUT2D eigenvalue weighted by molar-refractivity contribution is 0.0988. The first-order chi connectivity index (χ1) is 7.81. The second kappa shape index (κ2) is 4.91. The number of methoxy groups -OCH3 is 1. The van der Waals surface area contributed by atoms with Crippen LogP contribution in [-0.4, -0.2) is 12.9 Å². The fourth-order valence-electron chi connectivity index (χ4n) is 1.97. The van der Waals surface area contributed by atoms with Gasteiger partial charge in [0.25, 0.3) is 0 Å². The summed E-state index contributed by atoms with van der Waals surface area (Å²) in [6, 6.07) is 3.89. The summed E-state index contributed by atoms with van der Waals surface area (Å²) in [5.41, 5.74) is 2.88. The van der Waals surface area contributed by atoms with Crippen LogP contribution in [0, 0.1) is 6.92 Å². The summed E-state index contributed by atoms with van der Waals surface area (Å²) in [5, 5.41) is 0. The van der Waals surface area contributed by atoms with Crippen molar-refractivity contribution in [2.24, 2.45) is 0 Å². The van der Waals surface area contributed by atoms with Crippen molar-refractivity contribution in [3.8, 4) is 5.75 Å². The van der Waals surface area contributed by atoms with Gasteiger partial charge in [0.15, 0.2) is 5.78 Å². The highest BCUT2D eigenvalue weighted by Crippen LogP contribution is 2.35. The molecular formula is C15H22O2. The molecule has 17 heavy (non-hydrogen) atoms. The molecule has 0 aliphatic carbocycles. The van der Waals surface area contributed by atoms with Gasteiger partial charge in [-0.1, -0.05) is 27.7 Å². The van der Waals surface area contributed by atoms with Gasteiger partial charge in [-0.15, -0.1) is 0 Å². The van der Waals surface area contributed by atoms with Gasteiger partial charge in [0.05, 0.1) is 7.11 Å². The van der Waals surface area contributed by atoms with Crippen LogP contribution in [0.1, 0.15) is 55.6 Å². The summed E-state index contributed by atoms with van der Waals surface area (Å²) in [6.07, 6.45) is 0.537. The van der Waals surface area contributed by atoms with Crippen LogP contribution in [0.15, 0.2) is 12.1 Å². The normalized spacial score (nSPS) is 11.4. The van der Waals surface area contributed by atoms with Gasteiger partial charge in [-0.3, -0.25) is 4.79 Å². The second-order valence-electron chi connectivity index (χ2n) is 5.40. The number of ether oxygens (including phenoxy) is 1. The average Bonchev–Trinajstić information content (AvgIpc) is 2.25. The fourth-order valence-corrected chi connectivity index (χ4v) is 1.97. The van der Waals surface area contributed by atoms with E-state index in [0.29, 0.717) is 6.42 Å². The van der Waals surface area contributed by atoms with E-state index in [4.69, 9.17) is 4.74 Å². The summed E-state index contributed by atoms with van der Waals surface area (Å²) in [6.45, 7) is 10.3. The minimum absolute atomic E-state index is 0.0276. The Kier molecular flexibility index (Phi) is 3.97. The summed E-state index contributed by atoms with van der Waals surface area (Å²) in [7, 11) is 1.68. The van der Waals surface area contributed by atoms with Crippen molar-refractivity contribution >= 4 is 5.78 Å². The van der Waals surface area contributed by atoms with Gasteiger partial charge < -0.3 is 4.74 Å². The molecule has 0 amide bonds. The topological polar surface area (TPSA) is 26.3 Å². The van der Waals surface area contributed by atoms with Crippen molar-refractivity contribution in [3.63, 3.8) is 0 Å². The molecule has 2 nitrogen and oxygen atoms in total. The predicted octanol–water partition coefficient (Wildman–Crippen LogP) is 3.89. The molecule has 1 aromatic rings. The van der Waals surface area contributed by atoms with Gasteiger partial charge >= 0.3 is 0 Å². The molecule has 0 spiro atoms. The first kappa shape index (κ1) is 13.8. The number of Topliss-reactive ketones (excluding diaryl/α,β-unsaturated/α-hetero) is 1. The maximum atomic E-state index is 11.8. The van der Waals surface area contributed by atoms with Crippen molar-refractivity contribution < 1.29 is 9.53 Å². The van der Waals surface area contributed by atoms with Crippen LogP contribution in [0.4, 0.5) is 0 Å². The Bertz CT molecular complexity index is 425. The molecule has 0 N–H and O–H groups in total. The van der Waals surface area contributed by atoms with E-state index in [0.717, 1.165) is 22.4 Å². The highest BCUT2D eigenvalue weighted by Gasteiger charge is 2.22. The van der Waals surface area contributed by atoms with E-state index in [1.54, 1.807) is 7.11 Å². The van der Waals surface area contributed by atoms with E-state index >= 15 is 0 Å². The van der Waals surface area contributed by atoms with Gasteiger partial charge in [-0.05, 0) is 30.0 Å². The second-order valence-corrected chi connectivity index (χ2v) is 5.40. The van der Waals surface area contributed by atoms with Crippen molar-refractivity contribution in [1.82, 2.24) is 0 Å². The molecule has 94 valence electrons. The number of ketones is 1. The lowest BCUT2D eigenvalue weighted by Gasteiger charge is -2.24. The molecule has 0 aliphatic rings. The van der Waals surface area contributed by atoms with Gasteiger partial charge in [-0.2, -0.15) is 0 Å². The lowest BCUT2D eigenvalue weighted by Crippen LogP contribution is -2.15. The zero-order chi connectivity index (χ0) is 13.2. The number of benzene rings is 1. The standard InChI is InChI=1S/C15H22O2/c1-7-13(16)11-8-10(2)14(17-6)12(9-11)15(3,4)5/h8-9H,7H2,1-6H3. The molecule has 0 unspecified atom stereocenters. The molecule has 0 saturated heterocycles. The van der Waals surface area contributed by atoms with Crippen LogP contribution in [0.3, 0.4) is 0 Å². The number of hydrogen-bond donors (Lipinski definition) is 0. The average molecular weight is 234 g/mol. The van der Waals surface area contributed by atoms with Crippen molar-refractivity contribution in [1.29, 1.82) is 0 Å². The molecule has 0 aliphatic heterocycles. The Morgan fingerprint density at radius 2 is 1.88 bits per heavy atom.